The smallest absolute Gasteiger partial charge is 0.258 e. The Balaban J connectivity index is 2.27. The first-order valence-electron chi connectivity index (χ1n) is 6.65. The number of pyridine rings is 1. The third-order valence-electron chi connectivity index (χ3n) is 3.14. The molecule has 0 aromatic carbocycles. The lowest BCUT2D eigenvalue weighted by Gasteiger charge is -2.19. The molecule has 0 saturated heterocycles. The van der Waals surface area contributed by atoms with E-state index in [1.54, 1.807) is 12.3 Å². The Bertz CT molecular complexity index is 642. The van der Waals surface area contributed by atoms with Crippen LogP contribution >= 0.6 is 15.9 Å². The number of aliphatic hydroxyl groups is 1. The van der Waals surface area contributed by atoms with E-state index in [4.69, 9.17) is 5.11 Å². The highest BCUT2D eigenvalue weighted by atomic mass is 79.9. The van der Waals surface area contributed by atoms with Crippen molar-refractivity contribution in [3.8, 4) is 0 Å². The second kappa shape index (κ2) is 6.97. The number of aromatic nitrogens is 2. The third kappa shape index (κ3) is 3.65. The summed E-state index contributed by atoms with van der Waals surface area (Å²) in [5, 5.41) is 8.89. The number of aliphatic hydroxyl groups excluding tert-OH is 1. The summed E-state index contributed by atoms with van der Waals surface area (Å²) in [6.45, 7) is 4.52. The van der Waals surface area contributed by atoms with Crippen molar-refractivity contribution in [3.63, 3.8) is 0 Å². The summed E-state index contributed by atoms with van der Waals surface area (Å²) >= 11 is 3.35. The van der Waals surface area contributed by atoms with Crippen LogP contribution in [0.4, 0.5) is 0 Å². The molecule has 1 N–H and O–H groups in total. The highest BCUT2D eigenvalue weighted by Crippen LogP contribution is 2.10. The average Bonchev–Trinajstić information content (AvgIpc) is 2.44. The fourth-order valence-electron chi connectivity index (χ4n) is 2.08. The summed E-state index contributed by atoms with van der Waals surface area (Å²) in [5.41, 5.74) is 1.33. The van der Waals surface area contributed by atoms with Gasteiger partial charge in [-0.05, 0) is 41.0 Å². The van der Waals surface area contributed by atoms with Gasteiger partial charge in [0.05, 0.1) is 5.69 Å². The van der Waals surface area contributed by atoms with Gasteiger partial charge >= 0.3 is 0 Å². The molecule has 108 valence electrons. The van der Waals surface area contributed by atoms with Gasteiger partial charge in [-0.15, -0.1) is 0 Å². The second-order valence-electron chi connectivity index (χ2n) is 4.61. The monoisotopic (exact) mass is 339 g/mol. The van der Waals surface area contributed by atoms with Crippen LogP contribution in [0.2, 0.25) is 0 Å². The molecule has 0 aliphatic rings. The molecule has 2 aromatic heterocycles. The molecule has 0 bridgehead atoms. The van der Waals surface area contributed by atoms with Gasteiger partial charge in [0.15, 0.2) is 0 Å². The molecule has 0 fully saturated rings. The Kier molecular flexibility index (Phi) is 5.28. The van der Waals surface area contributed by atoms with Crippen LogP contribution in [0.1, 0.15) is 19.0 Å². The van der Waals surface area contributed by atoms with Crippen LogP contribution in [-0.4, -0.2) is 39.1 Å². The van der Waals surface area contributed by atoms with Crippen molar-refractivity contribution in [2.75, 3.05) is 19.7 Å². The second-order valence-corrected chi connectivity index (χ2v) is 5.52. The normalized spacial score (nSPS) is 11.4. The van der Waals surface area contributed by atoms with E-state index in [9.17, 15) is 4.79 Å². The maximum atomic E-state index is 12.1. The summed E-state index contributed by atoms with van der Waals surface area (Å²) in [4.78, 5) is 18.8. The molecule has 0 spiro atoms. The first kappa shape index (κ1) is 15.2. The van der Waals surface area contributed by atoms with Gasteiger partial charge in [-0.1, -0.05) is 6.92 Å². The van der Waals surface area contributed by atoms with E-state index in [2.05, 4.69) is 32.7 Å². The first-order valence-corrected chi connectivity index (χ1v) is 7.44. The number of nitrogens with zero attached hydrogens (tertiary/aromatic N) is 3. The molecule has 20 heavy (non-hydrogen) atoms. The van der Waals surface area contributed by atoms with Crippen LogP contribution in [-0.2, 0) is 6.54 Å². The lowest BCUT2D eigenvalue weighted by atomic mass is 10.3. The fraction of sp³-hybridized carbons (Fsp3) is 0.429. The Labute approximate surface area is 126 Å². The number of rotatable bonds is 6. The van der Waals surface area contributed by atoms with Gasteiger partial charge in [0, 0.05) is 36.4 Å². The first-order chi connectivity index (χ1) is 9.63. The third-order valence-corrected chi connectivity index (χ3v) is 3.61. The zero-order valence-corrected chi connectivity index (χ0v) is 13.0. The Morgan fingerprint density at radius 3 is 2.95 bits per heavy atom. The summed E-state index contributed by atoms with van der Waals surface area (Å²) < 4.78 is 2.37. The molecule has 0 aliphatic heterocycles. The van der Waals surface area contributed by atoms with Crippen LogP contribution in [0.15, 0.2) is 33.7 Å². The van der Waals surface area contributed by atoms with Gasteiger partial charge < -0.3 is 5.11 Å². The van der Waals surface area contributed by atoms with Crippen molar-refractivity contribution in [1.29, 1.82) is 0 Å². The quantitative estimate of drug-likeness (QED) is 0.869. The van der Waals surface area contributed by atoms with Crippen LogP contribution in [0, 0.1) is 0 Å². The van der Waals surface area contributed by atoms with Crippen molar-refractivity contribution in [3.05, 3.63) is 44.9 Å². The van der Waals surface area contributed by atoms with Crippen LogP contribution in [0.25, 0.3) is 5.65 Å². The minimum absolute atomic E-state index is 0.0792. The number of hydrogen-bond donors (Lipinski definition) is 1. The maximum Gasteiger partial charge on any atom is 0.258 e. The fourth-order valence-corrected chi connectivity index (χ4v) is 2.42. The minimum Gasteiger partial charge on any atom is -0.396 e. The minimum atomic E-state index is -0.0792. The van der Waals surface area contributed by atoms with Gasteiger partial charge in [0.2, 0.25) is 0 Å². The Hall–Kier alpha value is -1.24. The molecular weight excluding hydrogens is 322 g/mol. The van der Waals surface area contributed by atoms with Crippen molar-refractivity contribution in [2.45, 2.75) is 19.9 Å². The molecule has 2 aromatic rings. The molecular formula is C14H18BrN3O2. The van der Waals surface area contributed by atoms with Crippen molar-refractivity contribution in [1.82, 2.24) is 14.3 Å². The molecule has 0 radical (unpaired) electrons. The summed E-state index contributed by atoms with van der Waals surface area (Å²) in [5.74, 6) is 0. The van der Waals surface area contributed by atoms with Gasteiger partial charge in [-0.25, -0.2) is 4.98 Å². The number of hydrogen-bond acceptors (Lipinski definition) is 4. The van der Waals surface area contributed by atoms with Gasteiger partial charge in [-0.2, -0.15) is 0 Å². The SMILES string of the molecule is CCN(CCCO)Cc1cc(=O)n2cc(Br)ccc2n1. The maximum absolute atomic E-state index is 12.1. The van der Waals surface area contributed by atoms with E-state index in [1.807, 2.05) is 12.1 Å². The lowest BCUT2D eigenvalue weighted by molar-refractivity contribution is 0.224. The van der Waals surface area contributed by atoms with E-state index in [0.717, 1.165) is 29.7 Å². The van der Waals surface area contributed by atoms with Crippen molar-refractivity contribution < 1.29 is 5.11 Å². The Morgan fingerprint density at radius 1 is 1.45 bits per heavy atom. The van der Waals surface area contributed by atoms with E-state index in [0.29, 0.717) is 12.2 Å². The molecule has 0 unspecified atom stereocenters. The topological polar surface area (TPSA) is 57.8 Å². The van der Waals surface area contributed by atoms with Crippen LogP contribution in [0.5, 0.6) is 0 Å². The van der Waals surface area contributed by atoms with Gasteiger partial charge in [0.1, 0.15) is 5.65 Å². The number of fused-ring (bicyclic) bond motifs is 1. The van der Waals surface area contributed by atoms with E-state index < -0.39 is 0 Å². The highest BCUT2D eigenvalue weighted by molar-refractivity contribution is 9.10. The molecule has 0 atom stereocenters. The molecule has 0 amide bonds. The largest absolute Gasteiger partial charge is 0.396 e. The predicted octanol–water partition coefficient (Wildman–Crippen LogP) is 1.66. The van der Waals surface area contributed by atoms with E-state index in [-0.39, 0.29) is 12.2 Å². The molecule has 5 nitrogen and oxygen atoms in total. The number of halogens is 1. The zero-order chi connectivity index (χ0) is 14.5. The molecule has 2 rings (SSSR count). The standard InChI is InChI=1S/C14H18BrN3O2/c1-2-17(6-3-7-19)10-12-8-14(20)18-9-11(15)4-5-13(18)16-12/h4-5,8-9,19H,2-3,6-7,10H2,1H3. The predicted molar refractivity (Wildman–Crippen MR) is 81.8 cm³/mol. The summed E-state index contributed by atoms with van der Waals surface area (Å²) in [7, 11) is 0. The Morgan fingerprint density at radius 2 is 2.25 bits per heavy atom. The average molecular weight is 340 g/mol. The molecule has 0 saturated carbocycles. The van der Waals surface area contributed by atoms with E-state index in [1.165, 1.54) is 4.40 Å². The van der Waals surface area contributed by atoms with Gasteiger partial charge in [-0.3, -0.25) is 14.1 Å². The molecule has 6 heteroatoms. The van der Waals surface area contributed by atoms with Crippen LogP contribution in [0.3, 0.4) is 0 Å². The van der Waals surface area contributed by atoms with Crippen LogP contribution < -0.4 is 5.56 Å². The summed E-state index contributed by atoms with van der Waals surface area (Å²) in [6.07, 6.45) is 2.45. The van der Waals surface area contributed by atoms with E-state index >= 15 is 0 Å². The lowest BCUT2D eigenvalue weighted by Crippen LogP contribution is -2.26. The molecule has 0 aliphatic carbocycles. The molecule has 2 heterocycles. The summed E-state index contributed by atoms with van der Waals surface area (Å²) in [6, 6.07) is 5.26. The van der Waals surface area contributed by atoms with Gasteiger partial charge in [0.25, 0.3) is 5.56 Å². The zero-order valence-electron chi connectivity index (χ0n) is 11.4. The van der Waals surface area contributed by atoms with Crippen molar-refractivity contribution in [2.24, 2.45) is 0 Å². The highest BCUT2D eigenvalue weighted by Gasteiger charge is 2.07. The van der Waals surface area contributed by atoms with Crippen molar-refractivity contribution >= 4 is 21.6 Å².